The molecule has 4 heteroatoms. The monoisotopic (exact) mass is 302 g/mol. The van der Waals surface area contributed by atoms with E-state index in [4.69, 9.17) is 11.6 Å². The molecule has 0 bridgehead atoms. The van der Waals surface area contributed by atoms with E-state index in [0.717, 1.165) is 5.56 Å². The van der Waals surface area contributed by atoms with Crippen LogP contribution in [0.3, 0.4) is 0 Å². The second-order valence-corrected chi connectivity index (χ2v) is 9.34. The molecule has 2 unspecified atom stereocenters. The van der Waals surface area contributed by atoms with Crippen LogP contribution >= 0.6 is 11.6 Å². The van der Waals surface area contributed by atoms with E-state index in [1.807, 2.05) is 37.3 Å². The molecule has 0 amide bonds. The summed E-state index contributed by atoms with van der Waals surface area (Å²) in [6.45, 7) is 7.22. The van der Waals surface area contributed by atoms with E-state index in [9.17, 15) is 8.42 Å². The second kappa shape index (κ2) is 6.27. The van der Waals surface area contributed by atoms with Crippen molar-refractivity contribution in [3.8, 4) is 0 Å². The fourth-order valence-electron chi connectivity index (χ4n) is 1.76. The Balaban J connectivity index is 2.65. The standard InChI is InChI=1S/C15H23ClO2S/c1-12(10-11-19(17,18)15(2,3)4)14(16)13-8-6-5-7-9-13/h5-9,12,14H,10-11H2,1-4H3. The van der Waals surface area contributed by atoms with Gasteiger partial charge in [-0.25, -0.2) is 8.42 Å². The van der Waals surface area contributed by atoms with Gasteiger partial charge in [-0.05, 0) is 38.7 Å². The molecule has 0 aliphatic carbocycles. The highest BCUT2D eigenvalue weighted by Crippen LogP contribution is 2.31. The smallest absolute Gasteiger partial charge is 0.155 e. The first-order chi connectivity index (χ1) is 8.65. The lowest BCUT2D eigenvalue weighted by Crippen LogP contribution is -2.31. The van der Waals surface area contributed by atoms with Crippen LogP contribution in [0, 0.1) is 5.92 Å². The number of rotatable bonds is 5. The van der Waals surface area contributed by atoms with Crippen molar-refractivity contribution in [3.05, 3.63) is 35.9 Å². The van der Waals surface area contributed by atoms with Crippen LogP contribution in [0.15, 0.2) is 30.3 Å². The second-order valence-electron chi connectivity index (χ2n) is 6.01. The van der Waals surface area contributed by atoms with Crippen LogP contribution in [0.4, 0.5) is 0 Å². The summed E-state index contributed by atoms with van der Waals surface area (Å²) in [6.07, 6.45) is 0.586. The summed E-state index contributed by atoms with van der Waals surface area (Å²) in [5, 5.41) is -0.142. The largest absolute Gasteiger partial charge is 0.228 e. The van der Waals surface area contributed by atoms with E-state index in [-0.39, 0.29) is 17.0 Å². The third-order valence-electron chi connectivity index (χ3n) is 3.39. The molecular formula is C15H23ClO2S. The Morgan fingerprint density at radius 2 is 1.68 bits per heavy atom. The Morgan fingerprint density at radius 3 is 2.16 bits per heavy atom. The van der Waals surface area contributed by atoms with Gasteiger partial charge >= 0.3 is 0 Å². The number of benzene rings is 1. The van der Waals surface area contributed by atoms with Crippen molar-refractivity contribution >= 4 is 21.4 Å². The maximum absolute atomic E-state index is 12.1. The molecule has 1 aromatic rings. The predicted octanol–water partition coefficient (Wildman–Crippen LogP) is 4.21. The van der Waals surface area contributed by atoms with Gasteiger partial charge in [-0.15, -0.1) is 11.6 Å². The van der Waals surface area contributed by atoms with Crippen molar-refractivity contribution in [2.75, 3.05) is 5.75 Å². The van der Waals surface area contributed by atoms with Crippen molar-refractivity contribution in [2.45, 2.75) is 44.2 Å². The summed E-state index contributed by atoms with van der Waals surface area (Å²) in [4.78, 5) is 0. The molecule has 19 heavy (non-hydrogen) atoms. The van der Waals surface area contributed by atoms with Crippen molar-refractivity contribution < 1.29 is 8.42 Å². The average Bonchev–Trinajstić information content (AvgIpc) is 2.35. The van der Waals surface area contributed by atoms with E-state index < -0.39 is 14.6 Å². The van der Waals surface area contributed by atoms with Crippen molar-refractivity contribution in [1.82, 2.24) is 0 Å². The Morgan fingerprint density at radius 1 is 1.16 bits per heavy atom. The maximum Gasteiger partial charge on any atom is 0.155 e. The Labute approximate surface area is 122 Å². The molecular weight excluding hydrogens is 280 g/mol. The topological polar surface area (TPSA) is 34.1 Å². The van der Waals surface area contributed by atoms with Gasteiger partial charge in [0.15, 0.2) is 9.84 Å². The minimum atomic E-state index is -3.07. The molecule has 1 aromatic carbocycles. The molecule has 0 aliphatic rings. The minimum Gasteiger partial charge on any atom is -0.228 e. The molecule has 0 heterocycles. The van der Waals surface area contributed by atoms with Crippen LogP contribution in [0.2, 0.25) is 0 Å². The highest BCUT2D eigenvalue weighted by molar-refractivity contribution is 7.92. The van der Waals surface area contributed by atoms with Gasteiger partial charge in [-0.2, -0.15) is 0 Å². The van der Waals surface area contributed by atoms with Gasteiger partial charge in [0.25, 0.3) is 0 Å². The highest BCUT2D eigenvalue weighted by atomic mass is 35.5. The normalized spacial score (nSPS) is 16.1. The SMILES string of the molecule is CC(CCS(=O)(=O)C(C)(C)C)C(Cl)c1ccccc1. The Bertz CT molecular complexity index is 489. The maximum atomic E-state index is 12.1. The molecule has 0 saturated heterocycles. The average molecular weight is 303 g/mol. The molecule has 0 spiro atoms. The molecule has 2 nitrogen and oxygen atoms in total. The van der Waals surface area contributed by atoms with Crippen molar-refractivity contribution in [3.63, 3.8) is 0 Å². The van der Waals surface area contributed by atoms with E-state index in [1.54, 1.807) is 20.8 Å². The van der Waals surface area contributed by atoms with Crippen LogP contribution < -0.4 is 0 Å². The van der Waals surface area contributed by atoms with E-state index in [0.29, 0.717) is 6.42 Å². The predicted molar refractivity (Wildman–Crippen MR) is 82.4 cm³/mol. The number of alkyl halides is 1. The molecule has 0 saturated carbocycles. The Hall–Kier alpha value is -0.540. The first-order valence-electron chi connectivity index (χ1n) is 6.56. The number of halogens is 1. The summed E-state index contributed by atoms with van der Waals surface area (Å²) in [6, 6.07) is 9.80. The Kier molecular flexibility index (Phi) is 5.45. The van der Waals surface area contributed by atoms with Gasteiger partial charge in [0.2, 0.25) is 0 Å². The van der Waals surface area contributed by atoms with Gasteiger partial charge in [0.1, 0.15) is 0 Å². The summed E-state index contributed by atoms with van der Waals surface area (Å²) < 4.78 is 23.5. The first kappa shape index (κ1) is 16.5. The molecule has 0 N–H and O–H groups in total. The van der Waals surface area contributed by atoms with Crippen LogP contribution in [0.5, 0.6) is 0 Å². The molecule has 0 aromatic heterocycles. The van der Waals surface area contributed by atoms with Gasteiger partial charge in [-0.3, -0.25) is 0 Å². The molecule has 108 valence electrons. The molecule has 0 fully saturated rings. The lowest BCUT2D eigenvalue weighted by molar-refractivity contribution is 0.518. The van der Waals surface area contributed by atoms with E-state index in [1.165, 1.54) is 0 Å². The third kappa shape index (κ3) is 4.50. The summed E-state index contributed by atoms with van der Waals surface area (Å²) in [5.74, 6) is 0.314. The first-order valence-corrected chi connectivity index (χ1v) is 8.65. The van der Waals surface area contributed by atoms with Crippen LogP contribution in [0.25, 0.3) is 0 Å². The van der Waals surface area contributed by atoms with Crippen LogP contribution in [-0.4, -0.2) is 18.9 Å². The number of hydrogen-bond donors (Lipinski definition) is 0. The quantitative estimate of drug-likeness (QED) is 0.764. The number of hydrogen-bond acceptors (Lipinski definition) is 2. The van der Waals surface area contributed by atoms with Gasteiger partial charge < -0.3 is 0 Å². The van der Waals surface area contributed by atoms with Gasteiger partial charge in [0, 0.05) is 0 Å². The zero-order chi connectivity index (χ0) is 14.7. The molecule has 0 radical (unpaired) electrons. The third-order valence-corrected chi connectivity index (χ3v) is 6.71. The minimum absolute atomic E-state index is 0.126. The fraction of sp³-hybridized carbons (Fsp3) is 0.600. The van der Waals surface area contributed by atoms with E-state index in [2.05, 4.69) is 0 Å². The van der Waals surface area contributed by atoms with Crippen molar-refractivity contribution in [2.24, 2.45) is 5.92 Å². The fourth-order valence-corrected chi connectivity index (χ4v) is 3.32. The van der Waals surface area contributed by atoms with Gasteiger partial charge in [0.05, 0.1) is 15.9 Å². The summed E-state index contributed by atoms with van der Waals surface area (Å²) in [7, 11) is -3.07. The lowest BCUT2D eigenvalue weighted by atomic mass is 9.98. The van der Waals surface area contributed by atoms with Crippen molar-refractivity contribution in [1.29, 1.82) is 0 Å². The number of sulfone groups is 1. The molecule has 1 rings (SSSR count). The highest BCUT2D eigenvalue weighted by Gasteiger charge is 2.29. The lowest BCUT2D eigenvalue weighted by Gasteiger charge is -2.22. The van der Waals surface area contributed by atoms with Crippen LogP contribution in [0.1, 0.15) is 45.1 Å². The molecule has 0 aliphatic heterocycles. The zero-order valence-corrected chi connectivity index (χ0v) is 13.6. The zero-order valence-electron chi connectivity index (χ0n) is 12.1. The summed E-state index contributed by atoms with van der Waals surface area (Å²) in [5.41, 5.74) is 1.05. The van der Waals surface area contributed by atoms with Gasteiger partial charge in [-0.1, -0.05) is 37.3 Å². The summed E-state index contributed by atoms with van der Waals surface area (Å²) >= 11 is 6.40. The molecule has 2 atom stereocenters. The van der Waals surface area contributed by atoms with Crippen LogP contribution in [-0.2, 0) is 9.84 Å². The van der Waals surface area contributed by atoms with E-state index >= 15 is 0 Å².